The lowest BCUT2D eigenvalue weighted by molar-refractivity contribution is -0.118. The lowest BCUT2D eigenvalue weighted by atomic mass is 10.2. The fourth-order valence-electron chi connectivity index (χ4n) is 1.32. The van der Waals surface area contributed by atoms with Crippen LogP contribution in [0.15, 0.2) is 12.1 Å². The Morgan fingerprint density at radius 2 is 2.22 bits per heavy atom. The summed E-state index contributed by atoms with van der Waals surface area (Å²) < 4.78 is 31.1. The second-order valence-corrected chi connectivity index (χ2v) is 4.00. The molecule has 0 saturated heterocycles. The van der Waals surface area contributed by atoms with Crippen molar-refractivity contribution in [1.29, 1.82) is 0 Å². The molecule has 1 rings (SSSR count). The third-order valence-electron chi connectivity index (χ3n) is 2.28. The van der Waals surface area contributed by atoms with Crippen molar-refractivity contribution in [2.75, 3.05) is 19.0 Å². The highest BCUT2D eigenvalue weighted by atomic mass is 35.5. The number of methoxy groups -OCH3 is 1. The Bertz CT molecular complexity index is 416. The maximum absolute atomic E-state index is 13.4. The van der Waals surface area contributed by atoms with E-state index in [2.05, 4.69) is 5.32 Å². The van der Waals surface area contributed by atoms with Gasteiger partial charge in [0.25, 0.3) is 0 Å². The molecule has 0 fully saturated rings. The summed E-state index contributed by atoms with van der Waals surface area (Å²) in [6.45, 7) is 0.156. The van der Waals surface area contributed by atoms with Gasteiger partial charge >= 0.3 is 0 Å². The number of nitrogens with two attached hydrogens (primary N) is 1. The van der Waals surface area contributed by atoms with Crippen molar-refractivity contribution in [2.24, 2.45) is 5.73 Å². The maximum Gasteiger partial charge on any atom is 0.227 e. The molecule has 1 atom stereocenters. The van der Waals surface area contributed by atoms with Crippen molar-refractivity contribution in [3.05, 3.63) is 28.8 Å². The van der Waals surface area contributed by atoms with E-state index in [0.29, 0.717) is 6.07 Å². The molecule has 1 aromatic rings. The first-order valence-corrected chi connectivity index (χ1v) is 5.53. The molecule has 18 heavy (non-hydrogen) atoms. The molecule has 0 aliphatic heterocycles. The van der Waals surface area contributed by atoms with Crippen LogP contribution < -0.4 is 11.1 Å². The van der Waals surface area contributed by atoms with Gasteiger partial charge in [0.05, 0.1) is 23.2 Å². The number of hydrogen-bond acceptors (Lipinski definition) is 3. The summed E-state index contributed by atoms with van der Waals surface area (Å²) in [4.78, 5) is 11.6. The molecule has 0 radical (unpaired) electrons. The Hall–Kier alpha value is -1.24. The van der Waals surface area contributed by atoms with E-state index < -0.39 is 23.6 Å². The topological polar surface area (TPSA) is 64.3 Å². The summed E-state index contributed by atoms with van der Waals surface area (Å²) in [5, 5.41) is 2.05. The monoisotopic (exact) mass is 278 g/mol. The van der Waals surface area contributed by atoms with Crippen LogP contribution in [-0.2, 0) is 9.53 Å². The number of carbonyl (C=O) groups excluding carboxylic acids is 1. The maximum atomic E-state index is 13.4. The van der Waals surface area contributed by atoms with E-state index in [-0.39, 0.29) is 23.7 Å². The minimum atomic E-state index is -0.935. The van der Waals surface area contributed by atoms with E-state index in [1.807, 2.05) is 0 Å². The number of carbonyl (C=O) groups is 1. The van der Waals surface area contributed by atoms with Gasteiger partial charge in [-0.25, -0.2) is 8.78 Å². The fourth-order valence-corrected chi connectivity index (χ4v) is 1.56. The van der Waals surface area contributed by atoms with Crippen LogP contribution in [0.4, 0.5) is 14.5 Å². The normalized spacial score (nSPS) is 12.3. The zero-order valence-electron chi connectivity index (χ0n) is 9.67. The average molecular weight is 279 g/mol. The first-order valence-electron chi connectivity index (χ1n) is 5.15. The van der Waals surface area contributed by atoms with Crippen LogP contribution in [0.2, 0.25) is 5.02 Å². The molecule has 4 nitrogen and oxygen atoms in total. The van der Waals surface area contributed by atoms with Gasteiger partial charge in [-0.1, -0.05) is 11.6 Å². The Kier molecular flexibility index (Phi) is 5.46. The van der Waals surface area contributed by atoms with Crippen LogP contribution in [-0.4, -0.2) is 25.7 Å². The quantitative estimate of drug-likeness (QED) is 0.865. The highest BCUT2D eigenvalue weighted by Crippen LogP contribution is 2.26. The number of nitrogens with one attached hydrogen (secondary N) is 1. The number of amides is 1. The number of halogens is 3. The molecule has 0 spiro atoms. The van der Waals surface area contributed by atoms with Crippen LogP contribution >= 0.6 is 11.6 Å². The lowest BCUT2D eigenvalue weighted by Gasteiger charge is -2.13. The van der Waals surface area contributed by atoms with Gasteiger partial charge in [-0.2, -0.15) is 0 Å². The van der Waals surface area contributed by atoms with E-state index in [1.54, 1.807) is 0 Å². The van der Waals surface area contributed by atoms with Crippen LogP contribution in [0.3, 0.4) is 0 Å². The molecule has 0 aromatic heterocycles. The lowest BCUT2D eigenvalue weighted by Crippen LogP contribution is -2.28. The molecule has 7 heteroatoms. The van der Waals surface area contributed by atoms with Crippen LogP contribution in [0.25, 0.3) is 0 Å². The number of ether oxygens (including phenoxy) is 1. The highest BCUT2D eigenvalue weighted by molar-refractivity contribution is 6.33. The number of anilines is 1. The molecule has 0 heterocycles. The minimum Gasteiger partial charge on any atom is -0.380 e. The van der Waals surface area contributed by atoms with Crippen LogP contribution in [0.1, 0.15) is 6.42 Å². The molecular formula is C11H13ClF2N2O2. The third-order valence-corrected chi connectivity index (χ3v) is 2.58. The van der Waals surface area contributed by atoms with Gasteiger partial charge in [0.2, 0.25) is 5.91 Å². The van der Waals surface area contributed by atoms with Gasteiger partial charge in [0.1, 0.15) is 5.82 Å². The predicted molar refractivity (Wildman–Crippen MR) is 64.5 cm³/mol. The smallest absolute Gasteiger partial charge is 0.227 e. The summed E-state index contributed by atoms with van der Waals surface area (Å²) in [5.41, 5.74) is 5.10. The van der Waals surface area contributed by atoms with Gasteiger partial charge < -0.3 is 15.8 Å². The molecule has 1 unspecified atom stereocenters. The molecule has 1 amide bonds. The van der Waals surface area contributed by atoms with Gasteiger partial charge in [-0.15, -0.1) is 0 Å². The predicted octanol–water partition coefficient (Wildman–Crippen LogP) is 1.92. The second kappa shape index (κ2) is 6.63. The molecule has 0 saturated carbocycles. The number of benzene rings is 1. The first-order chi connectivity index (χ1) is 8.47. The molecule has 0 bridgehead atoms. The summed E-state index contributed by atoms with van der Waals surface area (Å²) in [7, 11) is 1.41. The zero-order chi connectivity index (χ0) is 13.7. The summed E-state index contributed by atoms with van der Waals surface area (Å²) >= 11 is 5.63. The van der Waals surface area contributed by atoms with Crippen molar-refractivity contribution in [3.63, 3.8) is 0 Å². The van der Waals surface area contributed by atoms with Crippen LogP contribution in [0.5, 0.6) is 0 Å². The summed E-state index contributed by atoms with van der Waals surface area (Å²) in [6, 6.07) is 1.55. The van der Waals surface area contributed by atoms with E-state index >= 15 is 0 Å². The SMILES string of the molecule is COC(CN)CC(=O)Nc1c(F)cc(F)cc1Cl. The van der Waals surface area contributed by atoms with Crippen LogP contribution in [0, 0.1) is 11.6 Å². The Morgan fingerprint density at radius 1 is 1.56 bits per heavy atom. The van der Waals surface area contributed by atoms with Crippen molar-refractivity contribution in [2.45, 2.75) is 12.5 Å². The first kappa shape index (κ1) is 14.8. The van der Waals surface area contributed by atoms with E-state index in [1.165, 1.54) is 7.11 Å². The number of rotatable bonds is 5. The Morgan fingerprint density at radius 3 is 2.72 bits per heavy atom. The molecule has 0 aliphatic carbocycles. The highest BCUT2D eigenvalue weighted by Gasteiger charge is 2.16. The average Bonchev–Trinajstić information content (AvgIpc) is 2.30. The van der Waals surface area contributed by atoms with Gasteiger partial charge in [-0.3, -0.25) is 4.79 Å². The Balaban J connectivity index is 2.76. The largest absolute Gasteiger partial charge is 0.380 e. The van der Waals surface area contributed by atoms with Gasteiger partial charge in [0.15, 0.2) is 5.82 Å². The fraction of sp³-hybridized carbons (Fsp3) is 0.364. The second-order valence-electron chi connectivity index (χ2n) is 3.59. The van der Waals surface area contributed by atoms with Gasteiger partial charge in [-0.05, 0) is 6.07 Å². The molecule has 0 aliphatic rings. The Labute approximate surface area is 108 Å². The van der Waals surface area contributed by atoms with E-state index in [4.69, 9.17) is 22.1 Å². The zero-order valence-corrected chi connectivity index (χ0v) is 10.4. The minimum absolute atomic E-state index is 0.0415. The molecular weight excluding hydrogens is 266 g/mol. The van der Waals surface area contributed by atoms with Crippen molar-refractivity contribution >= 4 is 23.2 Å². The summed E-state index contributed by atoms with van der Waals surface area (Å²) in [6.07, 6.45) is -0.507. The van der Waals surface area contributed by atoms with Crippen molar-refractivity contribution in [1.82, 2.24) is 0 Å². The van der Waals surface area contributed by atoms with Gasteiger partial charge in [0, 0.05) is 19.7 Å². The molecule has 100 valence electrons. The summed E-state index contributed by atoms with van der Waals surface area (Å²) in [5.74, 6) is -2.26. The standard InChI is InChI=1S/C11H13ClF2N2O2/c1-18-7(5-15)4-10(17)16-11-8(12)2-6(13)3-9(11)14/h2-3,7H,4-5,15H2,1H3,(H,16,17). The van der Waals surface area contributed by atoms with Crippen molar-refractivity contribution in [3.8, 4) is 0 Å². The van der Waals surface area contributed by atoms with E-state index in [0.717, 1.165) is 6.07 Å². The molecule has 1 aromatic carbocycles. The number of hydrogen-bond donors (Lipinski definition) is 2. The molecule has 3 N–H and O–H groups in total. The third kappa shape index (κ3) is 3.90. The van der Waals surface area contributed by atoms with E-state index in [9.17, 15) is 13.6 Å². The van der Waals surface area contributed by atoms with Crippen molar-refractivity contribution < 1.29 is 18.3 Å².